The Kier molecular flexibility index (Phi) is 6.23. The van der Waals surface area contributed by atoms with E-state index in [1.54, 1.807) is 24.1 Å². The van der Waals surface area contributed by atoms with Crippen molar-refractivity contribution in [1.82, 2.24) is 9.21 Å². The molecular weight excluding hydrogens is 328 g/mol. The molecule has 0 aliphatic carbocycles. The Bertz CT molecular complexity index is 680. The molecule has 0 radical (unpaired) electrons. The Balaban J connectivity index is 1.99. The average molecular weight is 354 g/mol. The van der Waals surface area contributed by atoms with E-state index >= 15 is 0 Å². The molecule has 134 valence electrons. The van der Waals surface area contributed by atoms with Gasteiger partial charge in [-0.05, 0) is 37.1 Å². The zero-order chi connectivity index (χ0) is 17.7. The molecule has 1 aromatic carbocycles. The summed E-state index contributed by atoms with van der Waals surface area (Å²) >= 11 is 0. The zero-order valence-corrected chi connectivity index (χ0v) is 15.4. The van der Waals surface area contributed by atoms with Crippen molar-refractivity contribution in [3.8, 4) is 5.75 Å². The number of nitrogens with zero attached hydrogens (tertiary/aromatic N) is 2. The van der Waals surface area contributed by atoms with Crippen molar-refractivity contribution in [3.05, 3.63) is 29.3 Å². The van der Waals surface area contributed by atoms with Gasteiger partial charge in [-0.25, -0.2) is 8.42 Å². The van der Waals surface area contributed by atoms with Crippen molar-refractivity contribution in [1.29, 1.82) is 0 Å². The number of sulfonamides is 1. The first kappa shape index (κ1) is 18.7. The number of hydrogen-bond acceptors (Lipinski definition) is 4. The van der Waals surface area contributed by atoms with Crippen LogP contribution >= 0.6 is 0 Å². The first-order valence-corrected chi connectivity index (χ1v) is 9.91. The van der Waals surface area contributed by atoms with Gasteiger partial charge in [0.25, 0.3) is 5.91 Å². The van der Waals surface area contributed by atoms with Gasteiger partial charge in [-0.15, -0.1) is 0 Å². The number of benzene rings is 1. The lowest BCUT2D eigenvalue weighted by Gasteiger charge is -2.34. The largest absolute Gasteiger partial charge is 0.496 e. The summed E-state index contributed by atoms with van der Waals surface area (Å²) in [6.07, 6.45) is 1.53. The molecule has 6 nitrogen and oxygen atoms in total. The molecule has 0 atom stereocenters. The SMILES string of the molecule is CCCCS(=O)(=O)N1CCN(C(=O)c2ccc(OC)c(C)c2)CC1. The molecule has 0 aromatic heterocycles. The second kappa shape index (κ2) is 7.98. The highest BCUT2D eigenvalue weighted by Crippen LogP contribution is 2.20. The number of aryl methyl sites for hydroxylation is 1. The molecule has 0 spiro atoms. The van der Waals surface area contributed by atoms with Crippen LogP contribution in [0, 0.1) is 6.92 Å². The van der Waals surface area contributed by atoms with E-state index in [0.717, 1.165) is 17.7 Å². The number of carbonyl (C=O) groups is 1. The molecule has 0 N–H and O–H groups in total. The van der Waals surface area contributed by atoms with Crippen LogP contribution in [0.25, 0.3) is 0 Å². The zero-order valence-electron chi connectivity index (χ0n) is 14.6. The fourth-order valence-corrected chi connectivity index (χ4v) is 4.45. The second-order valence-electron chi connectivity index (χ2n) is 6.05. The van der Waals surface area contributed by atoms with Crippen LogP contribution in [0.15, 0.2) is 18.2 Å². The van der Waals surface area contributed by atoms with Gasteiger partial charge < -0.3 is 9.64 Å². The molecule has 1 saturated heterocycles. The van der Waals surface area contributed by atoms with Crippen LogP contribution in [0.3, 0.4) is 0 Å². The number of amides is 1. The Labute approximate surface area is 144 Å². The third-order valence-corrected chi connectivity index (χ3v) is 6.27. The summed E-state index contributed by atoms with van der Waals surface area (Å²) in [7, 11) is -1.60. The van der Waals surface area contributed by atoms with Gasteiger partial charge in [0, 0.05) is 31.7 Å². The molecule has 0 saturated carbocycles. The van der Waals surface area contributed by atoms with Gasteiger partial charge in [0.15, 0.2) is 0 Å². The van der Waals surface area contributed by atoms with Crippen LogP contribution in [-0.2, 0) is 10.0 Å². The molecule has 1 aliphatic rings. The fourth-order valence-electron chi connectivity index (χ4n) is 2.82. The molecule has 0 bridgehead atoms. The Morgan fingerprint density at radius 1 is 1.21 bits per heavy atom. The molecule has 1 amide bonds. The molecular formula is C17H26N2O4S. The predicted molar refractivity (Wildman–Crippen MR) is 93.9 cm³/mol. The smallest absolute Gasteiger partial charge is 0.253 e. The number of piperazine rings is 1. The maximum atomic E-state index is 12.6. The van der Waals surface area contributed by atoms with E-state index in [9.17, 15) is 13.2 Å². The summed E-state index contributed by atoms with van der Waals surface area (Å²) in [6, 6.07) is 5.35. The lowest BCUT2D eigenvalue weighted by Crippen LogP contribution is -2.51. The molecule has 24 heavy (non-hydrogen) atoms. The van der Waals surface area contributed by atoms with Gasteiger partial charge in [0.05, 0.1) is 12.9 Å². The number of carbonyl (C=O) groups excluding carboxylic acids is 1. The van der Waals surface area contributed by atoms with Crippen LogP contribution in [0.4, 0.5) is 0 Å². The van der Waals surface area contributed by atoms with Gasteiger partial charge in [-0.1, -0.05) is 13.3 Å². The second-order valence-corrected chi connectivity index (χ2v) is 8.13. The summed E-state index contributed by atoms with van der Waals surface area (Å²) < 4.78 is 31.1. The lowest BCUT2D eigenvalue weighted by atomic mass is 10.1. The quantitative estimate of drug-likeness (QED) is 0.782. The first-order valence-electron chi connectivity index (χ1n) is 8.30. The number of methoxy groups -OCH3 is 1. The minimum Gasteiger partial charge on any atom is -0.496 e. The van der Waals surface area contributed by atoms with Crippen LogP contribution in [0.5, 0.6) is 5.75 Å². The highest BCUT2D eigenvalue weighted by Gasteiger charge is 2.28. The Hall–Kier alpha value is -1.60. The average Bonchev–Trinajstić information content (AvgIpc) is 2.59. The van der Waals surface area contributed by atoms with Gasteiger partial charge in [-0.2, -0.15) is 4.31 Å². The highest BCUT2D eigenvalue weighted by molar-refractivity contribution is 7.89. The van der Waals surface area contributed by atoms with E-state index in [-0.39, 0.29) is 11.7 Å². The van der Waals surface area contributed by atoms with E-state index in [2.05, 4.69) is 0 Å². The number of unbranched alkanes of at least 4 members (excludes halogenated alkanes) is 1. The molecule has 2 rings (SSSR count). The number of hydrogen-bond donors (Lipinski definition) is 0. The van der Waals surface area contributed by atoms with Crippen molar-refractivity contribution in [2.75, 3.05) is 39.0 Å². The van der Waals surface area contributed by atoms with Gasteiger partial charge >= 0.3 is 0 Å². The minimum atomic E-state index is -3.20. The summed E-state index contributed by atoms with van der Waals surface area (Å²) in [4.78, 5) is 14.3. The predicted octanol–water partition coefficient (Wildman–Crippen LogP) is 1.89. The van der Waals surface area contributed by atoms with E-state index in [0.29, 0.717) is 38.2 Å². The maximum Gasteiger partial charge on any atom is 0.253 e. The summed E-state index contributed by atoms with van der Waals surface area (Å²) in [5.74, 6) is 0.875. The van der Waals surface area contributed by atoms with Crippen LogP contribution in [0.2, 0.25) is 0 Å². The van der Waals surface area contributed by atoms with E-state index in [1.807, 2.05) is 19.9 Å². The molecule has 1 aromatic rings. The third kappa shape index (κ3) is 4.27. The van der Waals surface area contributed by atoms with Crippen LogP contribution in [0.1, 0.15) is 35.7 Å². The fraction of sp³-hybridized carbons (Fsp3) is 0.588. The van der Waals surface area contributed by atoms with Gasteiger partial charge in [-0.3, -0.25) is 4.79 Å². The van der Waals surface area contributed by atoms with Gasteiger partial charge in [0.2, 0.25) is 10.0 Å². The molecule has 0 unspecified atom stereocenters. The molecule has 7 heteroatoms. The summed E-state index contributed by atoms with van der Waals surface area (Å²) in [5.41, 5.74) is 1.51. The molecule has 1 heterocycles. The first-order chi connectivity index (χ1) is 11.4. The Morgan fingerprint density at radius 2 is 1.88 bits per heavy atom. The maximum absolute atomic E-state index is 12.6. The highest BCUT2D eigenvalue weighted by atomic mass is 32.2. The number of rotatable bonds is 6. The monoisotopic (exact) mass is 354 g/mol. The summed E-state index contributed by atoms with van der Waals surface area (Å²) in [6.45, 7) is 5.46. The van der Waals surface area contributed by atoms with Crippen molar-refractivity contribution < 1.29 is 17.9 Å². The third-order valence-electron chi connectivity index (χ3n) is 4.32. The van der Waals surface area contributed by atoms with Crippen LogP contribution in [-0.4, -0.2) is 62.6 Å². The molecule has 1 aliphatic heterocycles. The van der Waals surface area contributed by atoms with Crippen molar-refractivity contribution in [2.45, 2.75) is 26.7 Å². The Morgan fingerprint density at radius 3 is 2.42 bits per heavy atom. The standard InChI is InChI=1S/C17H26N2O4S/c1-4-5-12-24(21,22)19-10-8-18(9-11-19)17(20)15-6-7-16(23-3)14(2)13-15/h6-7,13H,4-5,8-12H2,1-3H3. The van der Waals surface area contributed by atoms with E-state index in [1.165, 1.54) is 4.31 Å². The van der Waals surface area contributed by atoms with E-state index < -0.39 is 10.0 Å². The normalized spacial score (nSPS) is 16.2. The van der Waals surface area contributed by atoms with Crippen LogP contribution < -0.4 is 4.74 Å². The minimum absolute atomic E-state index is 0.0636. The van der Waals surface area contributed by atoms with Crippen molar-refractivity contribution in [2.24, 2.45) is 0 Å². The van der Waals surface area contributed by atoms with Gasteiger partial charge in [0.1, 0.15) is 5.75 Å². The van der Waals surface area contributed by atoms with Crippen molar-refractivity contribution >= 4 is 15.9 Å². The summed E-state index contributed by atoms with van der Waals surface area (Å²) in [5, 5.41) is 0. The van der Waals surface area contributed by atoms with Crippen molar-refractivity contribution in [3.63, 3.8) is 0 Å². The molecule has 1 fully saturated rings. The number of ether oxygens (including phenoxy) is 1. The van der Waals surface area contributed by atoms with E-state index in [4.69, 9.17) is 4.74 Å². The topological polar surface area (TPSA) is 66.9 Å². The lowest BCUT2D eigenvalue weighted by molar-refractivity contribution is 0.0697.